The van der Waals surface area contributed by atoms with Gasteiger partial charge in [-0.15, -0.1) is 0 Å². The number of ether oxygens (including phenoxy) is 1. The molecular formula is C25H27NO2. The van der Waals surface area contributed by atoms with Crippen molar-refractivity contribution < 1.29 is 9.53 Å². The molecule has 0 aliphatic heterocycles. The van der Waals surface area contributed by atoms with E-state index in [-0.39, 0.29) is 17.9 Å². The lowest BCUT2D eigenvalue weighted by atomic mass is 9.78. The van der Waals surface area contributed by atoms with E-state index in [2.05, 4.69) is 55.6 Å². The smallest absolute Gasteiger partial charge is 0.262 e. The third-order valence-electron chi connectivity index (χ3n) is 5.32. The van der Waals surface area contributed by atoms with Crippen molar-refractivity contribution in [2.75, 3.05) is 11.9 Å². The zero-order valence-corrected chi connectivity index (χ0v) is 17.0. The molecule has 3 aromatic rings. The molecule has 3 nitrogen and oxygen atoms in total. The minimum atomic E-state index is -0.164. The van der Waals surface area contributed by atoms with Gasteiger partial charge in [-0.05, 0) is 54.3 Å². The summed E-state index contributed by atoms with van der Waals surface area (Å²) in [6.45, 7) is 8.42. The quantitative estimate of drug-likeness (QED) is 0.606. The van der Waals surface area contributed by atoms with Crippen molar-refractivity contribution in [3.8, 4) is 5.75 Å². The van der Waals surface area contributed by atoms with Gasteiger partial charge in [0, 0.05) is 11.1 Å². The maximum absolute atomic E-state index is 12.2. The topological polar surface area (TPSA) is 38.3 Å². The number of aryl methyl sites for hydroxylation is 1. The first kappa shape index (κ1) is 19.7. The first-order valence-electron chi connectivity index (χ1n) is 9.53. The molecule has 0 saturated heterocycles. The van der Waals surface area contributed by atoms with E-state index in [0.717, 1.165) is 16.8 Å². The number of anilines is 1. The van der Waals surface area contributed by atoms with Crippen LogP contribution < -0.4 is 10.1 Å². The Morgan fingerprint density at radius 1 is 0.857 bits per heavy atom. The zero-order chi connectivity index (χ0) is 20.1. The fourth-order valence-electron chi connectivity index (χ4n) is 3.21. The third-order valence-corrected chi connectivity index (χ3v) is 5.32. The van der Waals surface area contributed by atoms with E-state index in [4.69, 9.17) is 4.74 Å². The Morgan fingerprint density at radius 2 is 1.50 bits per heavy atom. The molecular weight excluding hydrogens is 346 g/mol. The van der Waals surface area contributed by atoms with Crippen molar-refractivity contribution >= 4 is 11.6 Å². The molecule has 0 radical (unpaired) electrons. The van der Waals surface area contributed by atoms with Gasteiger partial charge < -0.3 is 10.1 Å². The Labute approximate surface area is 167 Å². The average Bonchev–Trinajstić information content (AvgIpc) is 2.71. The minimum absolute atomic E-state index is 0.0190. The molecule has 3 heteroatoms. The number of rotatable bonds is 6. The molecule has 0 aromatic heterocycles. The number of benzene rings is 3. The highest BCUT2D eigenvalue weighted by molar-refractivity contribution is 5.92. The van der Waals surface area contributed by atoms with E-state index in [1.165, 1.54) is 11.1 Å². The summed E-state index contributed by atoms with van der Waals surface area (Å²) in [6, 6.07) is 24.3. The van der Waals surface area contributed by atoms with Gasteiger partial charge in [-0.2, -0.15) is 0 Å². The summed E-state index contributed by atoms with van der Waals surface area (Å²) >= 11 is 0. The highest BCUT2D eigenvalue weighted by Crippen LogP contribution is 2.32. The third kappa shape index (κ3) is 4.42. The molecule has 0 aliphatic carbocycles. The van der Waals surface area contributed by atoms with Gasteiger partial charge in [-0.25, -0.2) is 0 Å². The second-order valence-corrected chi connectivity index (χ2v) is 7.60. The number of carbonyl (C=O) groups excluding carboxylic acids is 1. The van der Waals surface area contributed by atoms with Crippen LogP contribution in [0.15, 0.2) is 72.8 Å². The maximum Gasteiger partial charge on any atom is 0.262 e. The summed E-state index contributed by atoms with van der Waals surface area (Å²) in [7, 11) is 0. The second kappa shape index (κ2) is 8.30. The molecule has 3 rings (SSSR count). The minimum Gasteiger partial charge on any atom is -0.484 e. The molecule has 0 spiro atoms. The van der Waals surface area contributed by atoms with E-state index in [9.17, 15) is 4.79 Å². The van der Waals surface area contributed by atoms with Crippen LogP contribution in [0.3, 0.4) is 0 Å². The summed E-state index contributed by atoms with van der Waals surface area (Å²) in [6.07, 6.45) is 0. The van der Waals surface area contributed by atoms with Gasteiger partial charge in [0.15, 0.2) is 6.61 Å². The molecule has 0 fully saturated rings. The monoisotopic (exact) mass is 373 g/mol. The first-order valence-corrected chi connectivity index (χ1v) is 9.53. The summed E-state index contributed by atoms with van der Waals surface area (Å²) in [4.78, 5) is 12.2. The molecule has 0 atom stereocenters. The van der Waals surface area contributed by atoms with Crippen LogP contribution in [0.25, 0.3) is 0 Å². The molecule has 0 bridgehead atoms. The van der Waals surface area contributed by atoms with Crippen molar-refractivity contribution in [2.45, 2.75) is 33.1 Å². The van der Waals surface area contributed by atoms with Gasteiger partial charge in [0.05, 0.1) is 0 Å². The molecule has 0 aliphatic rings. The van der Waals surface area contributed by atoms with Crippen LogP contribution in [0.4, 0.5) is 5.69 Å². The lowest BCUT2D eigenvalue weighted by Crippen LogP contribution is -2.21. The standard InChI is InChI=1S/C25H27NO2/c1-18-9-8-12-23(19(18)2)26-24(27)17-28-22-15-13-21(14-16-22)25(3,4)20-10-6-5-7-11-20/h5-16H,17H2,1-4H3,(H,26,27). The molecule has 0 saturated carbocycles. The number of carbonyl (C=O) groups is 1. The van der Waals surface area contributed by atoms with Crippen molar-refractivity contribution in [3.63, 3.8) is 0 Å². The van der Waals surface area contributed by atoms with E-state index in [0.29, 0.717) is 5.75 Å². The van der Waals surface area contributed by atoms with E-state index < -0.39 is 0 Å². The van der Waals surface area contributed by atoms with Crippen LogP contribution in [0, 0.1) is 13.8 Å². The van der Waals surface area contributed by atoms with Crippen LogP contribution in [0.2, 0.25) is 0 Å². The Hall–Kier alpha value is -3.07. The summed E-state index contributed by atoms with van der Waals surface area (Å²) in [5.74, 6) is 0.520. The SMILES string of the molecule is Cc1cccc(NC(=O)COc2ccc(C(C)(C)c3ccccc3)cc2)c1C. The zero-order valence-electron chi connectivity index (χ0n) is 17.0. The molecule has 1 amide bonds. The predicted molar refractivity (Wildman–Crippen MR) is 115 cm³/mol. The van der Waals surface area contributed by atoms with Gasteiger partial charge in [-0.3, -0.25) is 4.79 Å². The van der Waals surface area contributed by atoms with E-state index in [1.807, 2.05) is 50.2 Å². The van der Waals surface area contributed by atoms with Crippen LogP contribution in [-0.4, -0.2) is 12.5 Å². The van der Waals surface area contributed by atoms with Gasteiger partial charge in [0.1, 0.15) is 5.75 Å². The normalized spacial score (nSPS) is 11.1. The van der Waals surface area contributed by atoms with Gasteiger partial charge in [-0.1, -0.05) is 68.4 Å². The maximum atomic E-state index is 12.2. The van der Waals surface area contributed by atoms with Crippen LogP contribution in [0.5, 0.6) is 5.75 Å². The summed E-state index contributed by atoms with van der Waals surface area (Å²) in [5, 5.41) is 2.91. The number of hydrogen-bond donors (Lipinski definition) is 1. The molecule has 1 N–H and O–H groups in total. The van der Waals surface area contributed by atoms with Crippen LogP contribution in [-0.2, 0) is 10.2 Å². The fourth-order valence-corrected chi connectivity index (χ4v) is 3.21. The first-order chi connectivity index (χ1) is 13.4. The number of amides is 1. The van der Waals surface area contributed by atoms with Gasteiger partial charge >= 0.3 is 0 Å². The average molecular weight is 373 g/mol. The van der Waals surface area contributed by atoms with Crippen molar-refractivity contribution in [1.82, 2.24) is 0 Å². The van der Waals surface area contributed by atoms with Gasteiger partial charge in [0.25, 0.3) is 5.91 Å². The summed E-state index contributed by atoms with van der Waals surface area (Å²) in [5.41, 5.74) is 5.41. The fraction of sp³-hybridized carbons (Fsp3) is 0.240. The van der Waals surface area contributed by atoms with Crippen LogP contribution >= 0.6 is 0 Å². The highest BCUT2D eigenvalue weighted by atomic mass is 16.5. The van der Waals surface area contributed by atoms with Crippen molar-refractivity contribution in [3.05, 3.63) is 95.1 Å². The van der Waals surface area contributed by atoms with Crippen molar-refractivity contribution in [1.29, 1.82) is 0 Å². The second-order valence-electron chi connectivity index (χ2n) is 7.60. The highest BCUT2D eigenvalue weighted by Gasteiger charge is 2.22. The Morgan fingerprint density at radius 3 is 2.18 bits per heavy atom. The largest absolute Gasteiger partial charge is 0.484 e. The summed E-state index contributed by atoms with van der Waals surface area (Å²) < 4.78 is 5.67. The Bertz CT molecular complexity index is 944. The molecule has 0 unspecified atom stereocenters. The van der Waals surface area contributed by atoms with Gasteiger partial charge in [0.2, 0.25) is 0 Å². The Balaban J connectivity index is 1.61. The predicted octanol–water partition coefficient (Wildman–Crippen LogP) is 5.65. The van der Waals surface area contributed by atoms with Crippen LogP contribution in [0.1, 0.15) is 36.1 Å². The molecule has 3 aromatic carbocycles. The lowest BCUT2D eigenvalue weighted by molar-refractivity contribution is -0.118. The number of nitrogens with one attached hydrogen (secondary N) is 1. The molecule has 0 heterocycles. The molecule has 144 valence electrons. The van der Waals surface area contributed by atoms with E-state index >= 15 is 0 Å². The number of hydrogen-bond acceptors (Lipinski definition) is 2. The lowest BCUT2D eigenvalue weighted by Gasteiger charge is -2.26. The Kier molecular flexibility index (Phi) is 5.84. The van der Waals surface area contributed by atoms with E-state index in [1.54, 1.807) is 0 Å². The molecule has 28 heavy (non-hydrogen) atoms. The van der Waals surface area contributed by atoms with Crippen molar-refractivity contribution in [2.24, 2.45) is 0 Å².